The molecular formula is C21H25F3N8O2. The van der Waals surface area contributed by atoms with Crippen molar-refractivity contribution in [3.63, 3.8) is 0 Å². The average Bonchev–Trinajstić information content (AvgIpc) is 3.01. The lowest BCUT2D eigenvalue weighted by Crippen LogP contribution is -2.34. The summed E-state index contributed by atoms with van der Waals surface area (Å²) < 4.78 is 46.3. The minimum atomic E-state index is -4.59. The number of benzene rings is 1. The van der Waals surface area contributed by atoms with E-state index in [1.165, 1.54) is 14.0 Å². The number of alkyl halides is 3. The molecule has 0 aliphatic carbocycles. The first kappa shape index (κ1) is 23.5. The number of methoxy groups -OCH3 is 1. The summed E-state index contributed by atoms with van der Waals surface area (Å²) in [5.74, 6) is 1.39. The van der Waals surface area contributed by atoms with Crippen LogP contribution in [0.3, 0.4) is 0 Å². The fourth-order valence-electron chi connectivity index (χ4n) is 3.97. The van der Waals surface area contributed by atoms with Gasteiger partial charge >= 0.3 is 6.18 Å². The molecule has 1 amide bonds. The average molecular weight is 478 g/mol. The number of carbonyl (C=O) groups is 1. The summed E-state index contributed by atoms with van der Waals surface area (Å²) in [6, 6.07) is 5.23. The van der Waals surface area contributed by atoms with Crippen LogP contribution in [0.15, 0.2) is 18.2 Å². The van der Waals surface area contributed by atoms with Gasteiger partial charge in [0, 0.05) is 51.6 Å². The molecule has 10 nitrogen and oxygen atoms in total. The molecule has 3 heterocycles. The van der Waals surface area contributed by atoms with Gasteiger partial charge in [0.1, 0.15) is 17.3 Å². The largest absolute Gasteiger partial charge is 0.497 e. The van der Waals surface area contributed by atoms with E-state index in [9.17, 15) is 18.0 Å². The van der Waals surface area contributed by atoms with Crippen molar-refractivity contribution < 1.29 is 22.7 Å². The summed E-state index contributed by atoms with van der Waals surface area (Å²) in [5.41, 5.74) is -0.574. The van der Waals surface area contributed by atoms with Crippen molar-refractivity contribution in [1.82, 2.24) is 29.9 Å². The first-order chi connectivity index (χ1) is 16.2. The Morgan fingerprint density at radius 1 is 1.18 bits per heavy atom. The van der Waals surface area contributed by atoms with Crippen LogP contribution in [0.4, 0.5) is 24.9 Å². The SMILES string of the molecule is COc1ccc2c(NCc3nnn(C)c3C(F)(F)F)nc(N3CCCN(C(C)=O)CC3)nc2c1. The van der Waals surface area contributed by atoms with Gasteiger partial charge in [-0.2, -0.15) is 18.2 Å². The van der Waals surface area contributed by atoms with Gasteiger partial charge in [0.25, 0.3) is 0 Å². The van der Waals surface area contributed by atoms with Crippen LogP contribution in [0.2, 0.25) is 0 Å². The number of anilines is 2. The zero-order valence-corrected chi connectivity index (χ0v) is 19.1. The van der Waals surface area contributed by atoms with E-state index < -0.39 is 11.9 Å². The second kappa shape index (κ2) is 9.31. The van der Waals surface area contributed by atoms with E-state index in [2.05, 4.69) is 25.6 Å². The molecule has 1 N–H and O–H groups in total. The molecule has 182 valence electrons. The first-order valence-corrected chi connectivity index (χ1v) is 10.7. The third-order valence-electron chi connectivity index (χ3n) is 5.70. The quantitative estimate of drug-likeness (QED) is 0.597. The van der Waals surface area contributed by atoms with E-state index >= 15 is 0 Å². The number of aryl methyl sites for hydroxylation is 1. The smallest absolute Gasteiger partial charge is 0.434 e. The highest BCUT2D eigenvalue weighted by Gasteiger charge is 2.38. The first-order valence-electron chi connectivity index (χ1n) is 10.7. The number of halogens is 3. The lowest BCUT2D eigenvalue weighted by molar-refractivity contribution is -0.144. The molecule has 3 aromatic rings. The van der Waals surface area contributed by atoms with Crippen LogP contribution in [0.5, 0.6) is 5.75 Å². The normalized spacial score (nSPS) is 14.9. The maximum absolute atomic E-state index is 13.4. The van der Waals surface area contributed by atoms with E-state index in [4.69, 9.17) is 4.74 Å². The van der Waals surface area contributed by atoms with E-state index in [1.54, 1.807) is 30.2 Å². The van der Waals surface area contributed by atoms with Crippen LogP contribution in [0, 0.1) is 0 Å². The molecule has 34 heavy (non-hydrogen) atoms. The van der Waals surface area contributed by atoms with Gasteiger partial charge in [0.05, 0.1) is 19.2 Å². The third-order valence-corrected chi connectivity index (χ3v) is 5.70. The molecule has 1 saturated heterocycles. The third kappa shape index (κ3) is 4.82. The minimum absolute atomic E-state index is 0.0119. The number of hydrogen-bond acceptors (Lipinski definition) is 8. The summed E-state index contributed by atoms with van der Waals surface area (Å²) in [7, 11) is 2.74. The van der Waals surface area contributed by atoms with Crippen LogP contribution in [-0.4, -0.2) is 69.1 Å². The van der Waals surface area contributed by atoms with Crippen molar-refractivity contribution in [2.75, 3.05) is 43.5 Å². The Morgan fingerprint density at radius 3 is 2.68 bits per heavy atom. The van der Waals surface area contributed by atoms with Gasteiger partial charge in [-0.3, -0.25) is 4.79 Å². The number of carbonyl (C=O) groups excluding carboxylic acids is 1. The van der Waals surface area contributed by atoms with E-state index in [0.29, 0.717) is 59.3 Å². The lowest BCUT2D eigenvalue weighted by atomic mass is 10.2. The fraction of sp³-hybridized carbons (Fsp3) is 0.476. The number of amides is 1. The maximum Gasteiger partial charge on any atom is 0.434 e. The summed E-state index contributed by atoms with van der Waals surface area (Å²) in [4.78, 5) is 24.8. The molecular weight excluding hydrogens is 453 g/mol. The molecule has 2 aromatic heterocycles. The van der Waals surface area contributed by atoms with Crippen molar-refractivity contribution in [2.24, 2.45) is 7.05 Å². The second-order valence-corrected chi connectivity index (χ2v) is 7.96. The van der Waals surface area contributed by atoms with Crippen LogP contribution in [0.1, 0.15) is 24.7 Å². The van der Waals surface area contributed by atoms with E-state index in [1.807, 2.05) is 4.90 Å². The second-order valence-electron chi connectivity index (χ2n) is 7.96. The molecule has 1 fully saturated rings. The number of nitrogens with one attached hydrogen (secondary N) is 1. The van der Waals surface area contributed by atoms with Gasteiger partial charge in [0.15, 0.2) is 5.69 Å². The molecule has 0 bridgehead atoms. The van der Waals surface area contributed by atoms with Crippen molar-refractivity contribution in [3.05, 3.63) is 29.6 Å². The number of fused-ring (bicyclic) bond motifs is 1. The van der Waals surface area contributed by atoms with Gasteiger partial charge in [-0.25, -0.2) is 9.67 Å². The van der Waals surface area contributed by atoms with Gasteiger partial charge in [-0.1, -0.05) is 5.21 Å². The monoisotopic (exact) mass is 478 g/mol. The van der Waals surface area contributed by atoms with Crippen molar-refractivity contribution >= 4 is 28.6 Å². The molecule has 13 heteroatoms. The van der Waals surface area contributed by atoms with Crippen molar-refractivity contribution in [3.8, 4) is 5.75 Å². The number of rotatable bonds is 5. The topological polar surface area (TPSA) is 101 Å². The molecule has 0 atom stereocenters. The molecule has 0 radical (unpaired) electrons. The van der Waals surface area contributed by atoms with Gasteiger partial charge < -0.3 is 19.9 Å². The fourth-order valence-corrected chi connectivity index (χ4v) is 3.97. The molecule has 0 saturated carbocycles. The number of aromatic nitrogens is 5. The summed E-state index contributed by atoms with van der Waals surface area (Å²) in [6.45, 7) is 3.67. The molecule has 4 rings (SSSR count). The number of hydrogen-bond donors (Lipinski definition) is 1. The maximum atomic E-state index is 13.4. The standard InChI is InChI=1S/C21H25F3N8O2/c1-13(33)31-7-4-8-32(10-9-31)20-26-16-11-14(34-3)5-6-15(16)19(27-20)25-12-17-18(21(22,23)24)30(2)29-28-17/h5-6,11H,4,7-10,12H2,1-3H3,(H,25,26,27). The molecule has 1 aliphatic heterocycles. The Hall–Kier alpha value is -3.64. The summed E-state index contributed by atoms with van der Waals surface area (Å²) in [6.07, 6.45) is -3.84. The van der Waals surface area contributed by atoms with Crippen LogP contribution >= 0.6 is 0 Å². The Morgan fingerprint density at radius 2 is 1.97 bits per heavy atom. The van der Waals surface area contributed by atoms with Crippen LogP contribution in [0.25, 0.3) is 10.9 Å². The predicted octanol–water partition coefficient (Wildman–Crippen LogP) is 2.46. The van der Waals surface area contributed by atoms with E-state index in [0.717, 1.165) is 6.42 Å². The van der Waals surface area contributed by atoms with E-state index in [-0.39, 0.29) is 18.1 Å². The number of nitrogens with zero attached hydrogens (tertiary/aromatic N) is 7. The highest BCUT2D eigenvalue weighted by Crippen LogP contribution is 2.32. The Kier molecular flexibility index (Phi) is 6.44. The zero-order valence-electron chi connectivity index (χ0n) is 19.1. The minimum Gasteiger partial charge on any atom is -0.497 e. The van der Waals surface area contributed by atoms with Crippen LogP contribution < -0.4 is 15.0 Å². The van der Waals surface area contributed by atoms with Crippen LogP contribution in [-0.2, 0) is 24.6 Å². The highest BCUT2D eigenvalue weighted by molar-refractivity contribution is 5.91. The molecule has 1 aliphatic rings. The highest BCUT2D eigenvalue weighted by atomic mass is 19.4. The van der Waals surface area contributed by atoms with Crippen molar-refractivity contribution in [2.45, 2.75) is 26.1 Å². The molecule has 1 aromatic carbocycles. The lowest BCUT2D eigenvalue weighted by Gasteiger charge is -2.22. The number of ether oxygens (including phenoxy) is 1. The molecule has 0 unspecified atom stereocenters. The predicted molar refractivity (Wildman–Crippen MR) is 119 cm³/mol. The zero-order chi connectivity index (χ0) is 24.5. The Bertz CT molecular complexity index is 1200. The summed E-state index contributed by atoms with van der Waals surface area (Å²) >= 11 is 0. The molecule has 0 spiro atoms. The van der Waals surface area contributed by atoms with Gasteiger partial charge in [0.2, 0.25) is 11.9 Å². The summed E-state index contributed by atoms with van der Waals surface area (Å²) in [5, 5.41) is 10.8. The Balaban J connectivity index is 1.68. The van der Waals surface area contributed by atoms with Gasteiger partial charge in [-0.15, -0.1) is 5.10 Å². The van der Waals surface area contributed by atoms with Crippen molar-refractivity contribution in [1.29, 1.82) is 0 Å². The Labute approximate surface area is 193 Å². The van der Waals surface area contributed by atoms with Gasteiger partial charge in [-0.05, 0) is 18.6 Å².